The lowest BCUT2D eigenvalue weighted by atomic mass is 9.95. The van der Waals surface area contributed by atoms with Gasteiger partial charge in [0.25, 0.3) is 0 Å². The van der Waals surface area contributed by atoms with Crippen LogP contribution in [0.25, 0.3) is 21.9 Å². The summed E-state index contributed by atoms with van der Waals surface area (Å²) in [5.74, 6) is -5.65. The maximum absolute atomic E-state index is 15.2. The van der Waals surface area contributed by atoms with Crippen LogP contribution in [0.1, 0.15) is 22.3 Å². The number of fused-ring (bicyclic) bond motifs is 1. The third-order valence-electron chi connectivity index (χ3n) is 6.09. The molecule has 0 saturated heterocycles. The van der Waals surface area contributed by atoms with Crippen LogP contribution in [-0.4, -0.2) is 13.7 Å². The van der Waals surface area contributed by atoms with E-state index in [1.165, 1.54) is 49.6 Å². The van der Waals surface area contributed by atoms with E-state index in [0.29, 0.717) is 36.1 Å². The number of methoxy groups -OCH3 is 1. The van der Waals surface area contributed by atoms with Crippen LogP contribution in [0.15, 0.2) is 54.6 Å². The average Bonchev–Trinajstić information content (AvgIpc) is 2.80. The molecular formula is C28H20F8O. The van der Waals surface area contributed by atoms with Crippen molar-refractivity contribution in [2.45, 2.75) is 25.4 Å². The van der Waals surface area contributed by atoms with E-state index in [1.807, 2.05) is 0 Å². The Morgan fingerprint density at radius 2 is 1.27 bits per heavy atom. The van der Waals surface area contributed by atoms with E-state index in [0.717, 1.165) is 0 Å². The fraction of sp³-hybridized carbons (Fsp3) is 0.214. The molecule has 0 unspecified atom stereocenters. The Morgan fingerprint density at radius 1 is 0.676 bits per heavy atom. The summed E-state index contributed by atoms with van der Waals surface area (Å²) in [6, 6.07) is 10.8. The van der Waals surface area contributed by atoms with Crippen molar-refractivity contribution in [2.24, 2.45) is 0 Å². The summed E-state index contributed by atoms with van der Waals surface area (Å²) in [5.41, 5.74) is -1.47. The Labute approximate surface area is 207 Å². The van der Waals surface area contributed by atoms with Crippen molar-refractivity contribution in [3.63, 3.8) is 0 Å². The number of aryl methyl sites for hydroxylation is 2. The van der Waals surface area contributed by atoms with Crippen LogP contribution >= 0.6 is 0 Å². The molecule has 4 aromatic rings. The van der Waals surface area contributed by atoms with E-state index in [9.17, 15) is 30.7 Å². The summed E-state index contributed by atoms with van der Waals surface area (Å²) >= 11 is 0. The molecule has 0 aliphatic rings. The predicted octanol–water partition coefficient (Wildman–Crippen LogP) is 8.20. The molecule has 0 aromatic heterocycles. The molecule has 0 fully saturated rings. The van der Waals surface area contributed by atoms with Crippen molar-refractivity contribution < 1.29 is 39.9 Å². The van der Waals surface area contributed by atoms with E-state index < -0.39 is 40.8 Å². The second kappa shape index (κ2) is 10.5. The molecule has 0 amide bonds. The van der Waals surface area contributed by atoms with E-state index in [1.54, 1.807) is 0 Å². The van der Waals surface area contributed by atoms with Crippen molar-refractivity contribution >= 4 is 10.8 Å². The van der Waals surface area contributed by atoms with Gasteiger partial charge in [-0.15, -0.1) is 0 Å². The third kappa shape index (κ3) is 5.61. The monoisotopic (exact) mass is 524 g/mol. The largest absolute Gasteiger partial charge is 0.422 e. The predicted molar refractivity (Wildman–Crippen MR) is 124 cm³/mol. The molecule has 0 radical (unpaired) electrons. The normalized spacial score (nSPS) is 11.9. The first-order valence-electron chi connectivity index (χ1n) is 11.2. The van der Waals surface area contributed by atoms with Crippen LogP contribution in [0, 0.1) is 29.1 Å². The van der Waals surface area contributed by atoms with Crippen molar-refractivity contribution in [2.75, 3.05) is 13.7 Å². The second-order valence-corrected chi connectivity index (χ2v) is 8.58. The Bertz CT molecular complexity index is 1410. The van der Waals surface area contributed by atoms with E-state index >= 15 is 4.39 Å². The molecule has 0 spiro atoms. The maximum atomic E-state index is 15.2. The summed E-state index contributed by atoms with van der Waals surface area (Å²) in [6.45, 7) is 0.304. The van der Waals surface area contributed by atoms with Gasteiger partial charge in [-0.2, -0.15) is 13.2 Å². The molecule has 194 valence electrons. The Morgan fingerprint density at radius 3 is 1.86 bits per heavy atom. The van der Waals surface area contributed by atoms with Gasteiger partial charge >= 0.3 is 6.18 Å². The molecule has 0 saturated carbocycles. The summed E-state index contributed by atoms with van der Waals surface area (Å²) in [5, 5.41) is 0.524. The molecule has 0 aliphatic carbocycles. The Balaban J connectivity index is 1.59. The van der Waals surface area contributed by atoms with Gasteiger partial charge in [0.1, 0.15) is 34.6 Å². The van der Waals surface area contributed by atoms with Gasteiger partial charge in [-0.3, -0.25) is 0 Å². The van der Waals surface area contributed by atoms with Crippen molar-refractivity contribution in [1.82, 2.24) is 0 Å². The van der Waals surface area contributed by atoms with Crippen LogP contribution in [0.4, 0.5) is 35.1 Å². The van der Waals surface area contributed by atoms with Gasteiger partial charge in [0.15, 0.2) is 0 Å². The summed E-state index contributed by atoms with van der Waals surface area (Å²) in [6.07, 6.45) is -4.99. The van der Waals surface area contributed by atoms with E-state index in [4.69, 9.17) is 4.74 Å². The standard InChI is InChI=1S/C28H20F8O/c1-37-9-8-16-10-21(29)25(22(30)11-16)19-6-7-20-18(14-19)5-4-17(27(20)33)3-2-15-12-23(31)26(24(32)13-15)28(34,35)36/h4-7,10-14H,2-3,8-9H2,1H3. The highest BCUT2D eigenvalue weighted by molar-refractivity contribution is 5.88. The van der Waals surface area contributed by atoms with Crippen LogP contribution in [0.2, 0.25) is 0 Å². The Hall–Kier alpha value is -3.46. The first-order chi connectivity index (χ1) is 17.5. The smallest absolute Gasteiger partial charge is 0.384 e. The minimum atomic E-state index is -5.17. The maximum Gasteiger partial charge on any atom is 0.422 e. The van der Waals surface area contributed by atoms with E-state index in [-0.39, 0.29) is 40.5 Å². The molecule has 4 rings (SSSR count). The number of benzene rings is 4. The lowest BCUT2D eigenvalue weighted by Gasteiger charge is -2.12. The molecule has 1 nitrogen and oxygen atoms in total. The first-order valence-corrected chi connectivity index (χ1v) is 11.2. The zero-order chi connectivity index (χ0) is 26.9. The highest BCUT2D eigenvalue weighted by Gasteiger charge is 2.37. The summed E-state index contributed by atoms with van der Waals surface area (Å²) in [4.78, 5) is 0. The van der Waals surface area contributed by atoms with Crippen molar-refractivity contribution in [3.05, 3.63) is 106 Å². The molecule has 4 aromatic carbocycles. The Kier molecular flexibility index (Phi) is 7.54. The van der Waals surface area contributed by atoms with E-state index in [2.05, 4.69) is 0 Å². The zero-order valence-electron chi connectivity index (χ0n) is 19.5. The van der Waals surface area contributed by atoms with Gasteiger partial charge in [0, 0.05) is 12.5 Å². The molecule has 0 N–H and O–H groups in total. The molecule has 0 atom stereocenters. The molecule has 0 heterocycles. The average molecular weight is 524 g/mol. The molecule has 9 heteroatoms. The summed E-state index contributed by atoms with van der Waals surface area (Å²) < 4.78 is 115. The van der Waals surface area contributed by atoms with Crippen molar-refractivity contribution in [1.29, 1.82) is 0 Å². The quantitative estimate of drug-likeness (QED) is 0.222. The number of rotatable bonds is 7. The highest BCUT2D eigenvalue weighted by Crippen LogP contribution is 2.35. The van der Waals surface area contributed by atoms with Crippen molar-refractivity contribution in [3.8, 4) is 11.1 Å². The van der Waals surface area contributed by atoms with Crippen LogP contribution < -0.4 is 0 Å². The zero-order valence-corrected chi connectivity index (χ0v) is 19.5. The topological polar surface area (TPSA) is 9.23 Å². The minimum absolute atomic E-state index is 0.0417. The van der Waals surface area contributed by atoms with Gasteiger partial charge in [-0.05, 0) is 77.2 Å². The highest BCUT2D eigenvalue weighted by atomic mass is 19.4. The molecule has 0 bridgehead atoms. The fourth-order valence-corrected chi connectivity index (χ4v) is 4.27. The number of hydrogen-bond acceptors (Lipinski definition) is 1. The third-order valence-corrected chi connectivity index (χ3v) is 6.09. The van der Waals surface area contributed by atoms with Crippen LogP contribution in [0.3, 0.4) is 0 Å². The minimum Gasteiger partial charge on any atom is -0.384 e. The number of alkyl halides is 3. The SMILES string of the molecule is COCCc1cc(F)c(-c2ccc3c(F)c(CCc4cc(F)c(C(F)(F)F)c(F)c4)ccc3c2)c(F)c1. The van der Waals surface area contributed by atoms with Gasteiger partial charge in [0.2, 0.25) is 0 Å². The number of halogens is 8. The van der Waals surface area contributed by atoms with Crippen LogP contribution in [-0.2, 0) is 30.2 Å². The fourth-order valence-electron chi connectivity index (χ4n) is 4.27. The number of ether oxygens (including phenoxy) is 1. The van der Waals surface area contributed by atoms with Crippen LogP contribution in [0.5, 0.6) is 0 Å². The molecule has 0 aliphatic heterocycles. The van der Waals surface area contributed by atoms with Gasteiger partial charge in [-0.25, -0.2) is 22.0 Å². The molecular weight excluding hydrogens is 504 g/mol. The lowest BCUT2D eigenvalue weighted by molar-refractivity contribution is -0.142. The van der Waals surface area contributed by atoms with Gasteiger partial charge in [-0.1, -0.05) is 24.3 Å². The molecule has 37 heavy (non-hydrogen) atoms. The lowest BCUT2D eigenvalue weighted by Crippen LogP contribution is -2.12. The summed E-state index contributed by atoms with van der Waals surface area (Å²) in [7, 11) is 1.48. The second-order valence-electron chi connectivity index (χ2n) is 8.58. The number of hydrogen-bond donors (Lipinski definition) is 0. The first kappa shape index (κ1) is 26.6. The van der Waals surface area contributed by atoms with Gasteiger partial charge in [0.05, 0.1) is 12.2 Å². The van der Waals surface area contributed by atoms with Gasteiger partial charge < -0.3 is 4.74 Å².